The van der Waals surface area contributed by atoms with Gasteiger partial charge in [-0.25, -0.2) is 4.98 Å². The molecule has 1 aromatic heterocycles. The number of pyridine rings is 1. The van der Waals surface area contributed by atoms with Gasteiger partial charge in [0.15, 0.2) is 10.8 Å². The Kier molecular flexibility index (Phi) is 12.0. The Bertz CT molecular complexity index is 2060. The maximum atomic E-state index is 13.6. The number of ether oxygens (including phenoxy) is 1. The van der Waals surface area contributed by atoms with Crippen molar-refractivity contribution in [1.29, 1.82) is 5.26 Å². The Balaban J connectivity index is 0.992. The predicted octanol–water partition coefficient (Wildman–Crippen LogP) is 4.33. The second-order valence-corrected chi connectivity index (χ2v) is 15.1. The largest absolute Gasteiger partial charge is 0.492 e. The number of piperidine rings is 1. The summed E-state index contributed by atoms with van der Waals surface area (Å²) in [5.74, 6) is -0.212. The van der Waals surface area contributed by atoms with Gasteiger partial charge in [0.2, 0.25) is 17.7 Å². The molecule has 0 aliphatic carbocycles. The van der Waals surface area contributed by atoms with E-state index >= 15 is 0 Å². The SMILES string of the molecule is CCc1cc(N2C(=S)N(c3cnc(C#N)c(Cl)c3)C(=O)C2(C)C)ccc1OCCN1CCN(CC(=O)Nc2cccc(NC3CCC(=O)NC3=O)c2)[C@H](C)C1. The Morgan fingerprint density at radius 1 is 1.13 bits per heavy atom. The van der Waals surface area contributed by atoms with E-state index < -0.39 is 11.6 Å². The molecule has 0 saturated carbocycles. The summed E-state index contributed by atoms with van der Waals surface area (Å²) in [5, 5.41) is 18.1. The van der Waals surface area contributed by atoms with E-state index in [2.05, 4.69) is 37.7 Å². The molecule has 55 heavy (non-hydrogen) atoms. The molecule has 1 unspecified atom stereocenters. The highest BCUT2D eigenvalue weighted by Crippen LogP contribution is 2.38. The lowest BCUT2D eigenvalue weighted by Gasteiger charge is -2.39. The number of anilines is 4. The lowest BCUT2D eigenvalue weighted by molar-refractivity contribution is -0.133. The molecular formula is C39H44ClN9O5S. The first-order chi connectivity index (χ1) is 26.3. The molecular weight excluding hydrogens is 742 g/mol. The summed E-state index contributed by atoms with van der Waals surface area (Å²) in [7, 11) is 0. The van der Waals surface area contributed by atoms with Crippen LogP contribution in [0.2, 0.25) is 5.02 Å². The highest BCUT2D eigenvalue weighted by Gasteiger charge is 2.50. The first kappa shape index (κ1) is 39.6. The summed E-state index contributed by atoms with van der Waals surface area (Å²) >= 11 is 12.1. The number of nitrogens with one attached hydrogen (secondary N) is 3. The van der Waals surface area contributed by atoms with Crippen molar-refractivity contribution in [1.82, 2.24) is 20.1 Å². The van der Waals surface area contributed by atoms with Gasteiger partial charge >= 0.3 is 0 Å². The number of hydrogen-bond donors (Lipinski definition) is 3. The van der Waals surface area contributed by atoms with Crippen LogP contribution in [0.4, 0.5) is 22.7 Å². The van der Waals surface area contributed by atoms with Crippen molar-refractivity contribution in [3.8, 4) is 11.8 Å². The highest BCUT2D eigenvalue weighted by atomic mass is 35.5. The van der Waals surface area contributed by atoms with Crippen molar-refractivity contribution in [2.24, 2.45) is 0 Å². The molecule has 3 aliphatic heterocycles. The molecule has 16 heteroatoms. The molecule has 288 valence electrons. The van der Waals surface area contributed by atoms with Gasteiger partial charge in [0.25, 0.3) is 5.91 Å². The van der Waals surface area contributed by atoms with Crippen LogP contribution >= 0.6 is 23.8 Å². The molecule has 4 amide bonds. The van der Waals surface area contributed by atoms with Gasteiger partial charge in [-0.1, -0.05) is 24.6 Å². The summed E-state index contributed by atoms with van der Waals surface area (Å²) in [5.41, 5.74) is 2.52. The number of rotatable bonds is 12. The van der Waals surface area contributed by atoms with E-state index in [9.17, 15) is 24.4 Å². The Morgan fingerprint density at radius 2 is 1.91 bits per heavy atom. The fourth-order valence-corrected chi connectivity index (χ4v) is 7.83. The predicted molar refractivity (Wildman–Crippen MR) is 214 cm³/mol. The minimum atomic E-state index is -0.994. The third kappa shape index (κ3) is 8.73. The van der Waals surface area contributed by atoms with Gasteiger partial charge in [0, 0.05) is 55.7 Å². The number of imide groups is 1. The number of thiocarbonyl (C=S) groups is 1. The number of carbonyl (C=O) groups is 4. The normalized spacial score (nSPS) is 20.3. The van der Waals surface area contributed by atoms with Crippen LogP contribution in [0, 0.1) is 11.3 Å². The molecule has 0 radical (unpaired) electrons. The van der Waals surface area contributed by atoms with Crippen molar-refractivity contribution >= 4 is 75.3 Å². The van der Waals surface area contributed by atoms with E-state index in [1.807, 2.05) is 56.0 Å². The average Bonchev–Trinajstić information content (AvgIpc) is 3.32. The van der Waals surface area contributed by atoms with E-state index in [1.54, 1.807) is 18.2 Å². The maximum absolute atomic E-state index is 13.6. The van der Waals surface area contributed by atoms with E-state index in [-0.39, 0.29) is 58.5 Å². The Hall–Kier alpha value is -5.14. The van der Waals surface area contributed by atoms with Crippen molar-refractivity contribution in [2.45, 2.75) is 64.6 Å². The van der Waals surface area contributed by atoms with Gasteiger partial charge in [-0.2, -0.15) is 5.26 Å². The van der Waals surface area contributed by atoms with Crippen LogP contribution in [0.5, 0.6) is 5.75 Å². The number of carbonyl (C=O) groups excluding carboxylic acids is 4. The van der Waals surface area contributed by atoms with Gasteiger partial charge in [-0.3, -0.25) is 39.2 Å². The molecule has 2 atom stereocenters. The van der Waals surface area contributed by atoms with E-state index in [4.69, 9.17) is 28.6 Å². The lowest BCUT2D eigenvalue weighted by atomic mass is 10.0. The van der Waals surface area contributed by atoms with E-state index in [0.29, 0.717) is 36.5 Å². The van der Waals surface area contributed by atoms with Crippen LogP contribution in [0.15, 0.2) is 54.7 Å². The fourth-order valence-electron chi connectivity index (χ4n) is 7.11. The maximum Gasteiger partial charge on any atom is 0.259 e. The van der Waals surface area contributed by atoms with Crippen molar-refractivity contribution in [3.05, 3.63) is 71.0 Å². The number of halogens is 1. The number of nitriles is 1. The second-order valence-electron chi connectivity index (χ2n) is 14.3. The molecule has 0 bridgehead atoms. The first-order valence-corrected chi connectivity index (χ1v) is 19.0. The summed E-state index contributed by atoms with van der Waals surface area (Å²) in [6.07, 6.45) is 2.83. The topological polar surface area (TPSA) is 163 Å². The highest BCUT2D eigenvalue weighted by molar-refractivity contribution is 7.81. The minimum absolute atomic E-state index is 0.0721. The number of piperazine rings is 1. The van der Waals surface area contributed by atoms with Gasteiger partial charge < -0.3 is 20.3 Å². The number of aryl methyl sites for hydroxylation is 1. The molecule has 0 spiro atoms. The van der Waals surface area contributed by atoms with Crippen LogP contribution in [0.1, 0.15) is 51.8 Å². The van der Waals surface area contributed by atoms with Crippen LogP contribution in [0.3, 0.4) is 0 Å². The third-order valence-corrected chi connectivity index (χ3v) is 10.8. The zero-order valence-corrected chi connectivity index (χ0v) is 32.8. The first-order valence-electron chi connectivity index (χ1n) is 18.3. The van der Waals surface area contributed by atoms with Crippen LogP contribution in [-0.2, 0) is 25.6 Å². The van der Waals surface area contributed by atoms with Gasteiger partial charge in [-0.15, -0.1) is 0 Å². The molecule has 3 fully saturated rings. The van der Waals surface area contributed by atoms with Crippen molar-refractivity contribution in [3.63, 3.8) is 0 Å². The molecule has 14 nitrogen and oxygen atoms in total. The smallest absolute Gasteiger partial charge is 0.259 e. The number of benzene rings is 2. The number of hydrogen-bond acceptors (Lipinski definition) is 11. The number of amides is 4. The van der Waals surface area contributed by atoms with Gasteiger partial charge in [0.1, 0.15) is 30.0 Å². The van der Waals surface area contributed by atoms with Crippen LogP contribution in [0.25, 0.3) is 0 Å². The quantitative estimate of drug-likeness (QED) is 0.176. The van der Waals surface area contributed by atoms with Crippen LogP contribution in [-0.4, -0.2) is 100 Å². The molecule has 2 aromatic carbocycles. The van der Waals surface area contributed by atoms with Gasteiger partial charge in [-0.05, 0) is 93.9 Å². The van der Waals surface area contributed by atoms with Crippen molar-refractivity contribution in [2.75, 3.05) is 59.8 Å². The molecule has 3 aliphatic rings. The monoisotopic (exact) mass is 785 g/mol. The zero-order chi connectivity index (χ0) is 39.4. The molecule has 3 saturated heterocycles. The van der Waals surface area contributed by atoms with Gasteiger partial charge in [0.05, 0.1) is 23.5 Å². The zero-order valence-electron chi connectivity index (χ0n) is 31.2. The fraction of sp³-hybridized carbons (Fsp3) is 0.410. The van der Waals surface area contributed by atoms with Crippen LogP contribution < -0.4 is 30.5 Å². The minimum Gasteiger partial charge on any atom is -0.492 e. The molecule has 4 heterocycles. The standard InChI is InChI=1S/C39H44ClN9O5S/c1-5-25-17-28(49-38(55)48(37(53)39(49,3)4)29-19-30(40)32(20-41)42-21-29)9-11-33(25)54-16-15-46-13-14-47(24(2)22-46)23-35(51)44-27-8-6-7-26(18-27)43-31-10-12-34(50)45-36(31)52/h6-9,11,17-19,21,24,31,43H,5,10,12-16,22-23H2,1-4H3,(H,44,51)(H,45,50,52)/t24-,31?/m1/s1. The van der Waals surface area contributed by atoms with E-state index in [0.717, 1.165) is 43.2 Å². The second kappa shape index (κ2) is 16.7. The number of aromatic nitrogens is 1. The molecule has 3 N–H and O–H groups in total. The Morgan fingerprint density at radius 3 is 2.62 bits per heavy atom. The average molecular weight is 786 g/mol. The lowest BCUT2D eigenvalue weighted by Crippen LogP contribution is -2.54. The number of nitrogens with zero attached hydrogens (tertiary/aromatic N) is 6. The molecule has 3 aromatic rings. The summed E-state index contributed by atoms with van der Waals surface area (Å²) < 4.78 is 6.30. The summed E-state index contributed by atoms with van der Waals surface area (Å²) in [6, 6.07) is 16.1. The summed E-state index contributed by atoms with van der Waals surface area (Å²) in [4.78, 5) is 62.1. The van der Waals surface area contributed by atoms with Crippen molar-refractivity contribution < 1.29 is 23.9 Å². The van der Waals surface area contributed by atoms with E-state index in [1.165, 1.54) is 17.2 Å². The third-order valence-electron chi connectivity index (χ3n) is 10.1. The Labute approximate surface area is 330 Å². The summed E-state index contributed by atoms with van der Waals surface area (Å²) in [6.45, 7) is 11.5. The molecule has 6 rings (SSSR count).